The molecule has 0 aliphatic rings. The van der Waals surface area contributed by atoms with Crippen molar-refractivity contribution in [3.8, 4) is 5.75 Å². The summed E-state index contributed by atoms with van der Waals surface area (Å²) in [6.07, 6.45) is 0.852. The van der Waals surface area contributed by atoms with Crippen LogP contribution in [0.25, 0.3) is 0 Å². The summed E-state index contributed by atoms with van der Waals surface area (Å²) in [5.41, 5.74) is 2.16. The van der Waals surface area contributed by atoms with E-state index in [-0.39, 0.29) is 23.6 Å². The van der Waals surface area contributed by atoms with Crippen molar-refractivity contribution in [2.45, 2.75) is 40.2 Å². The lowest BCUT2D eigenvalue weighted by molar-refractivity contribution is -0.121. The molecule has 7 heteroatoms. The molecular formula is C24H31N3O4. The average Bonchev–Trinajstić information content (AvgIpc) is 2.76. The normalized spacial score (nSPS) is 10.5. The predicted octanol–water partition coefficient (Wildman–Crippen LogP) is 3.51. The summed E-state index contributed by atoms with van der Waals surface area (Å²) in [6.45, 7) is 6.84. The van der Waals surface area contributed by atoms with Crippen molar-refractivity contribution in [2.24, 2.45) is 5.92 Å². The second kappa shape index (κ2) is 12.4. The minimum Gasteiger partial charge on any atom is -0.493 e. The Morgan fingerprint density at radius 3 is 2.35 bits per heavy atom. The number of carbonyl (C=O) groups is 3. The molecule has 3 amide bonds. The molecule has 0 aliphatic carbocycles. The average molecular weight is 426 g/mol. The van der Waals surface area contributed by atoms with Crippen LogP contribution in [0, 0.1) is 5.92 Å². The number of benzene rings is 2. The van der Waals surface area contributed by atoms with Crippen molar-refractivity contribution in [3.63, 3.8) is 0 Å². The molecule has 2 rings (SSSR count). The van der Waals surface area contributed by atoms with E-state index in [0.29, 0.717) is 43.9 Å². The Bertz CT molecular complexity index is 879. The van der Waals surface area contributed by atoms with Crippen molar-refractivity contribution in [2.75, 3.05) is 18.5 Å². The van der Waals surface area contributed by atoms with Gasteiger partial charge in [0.25, 0.3) is 5.91 Å². The van der Waals surface area contributed by atoms with Crippen molar-refractivity contribution in [1.82, 2.24) is 10.6 Å². The highest BCUT2D eigenvalue weighted by molar-refractivity contribution is 5.96. The number of nitrogens with one attached hydrogen (secondary N) is 3. The van der Waals surface area contributed by atoms with E-state index in [1.165, 1.54) is 0 Å². The molecule has 0 saturated heterocycles. The Hall–Kier alpha value is -3.35. The van der Waals surface area contributed by atoms with Gasteiger partial charge in [-0.3, -0.25) is 14.4 Å². The van der Waals surface area contributed by atoms with Gasteiger partial charge in [-0.15, -0.1) is 0 Å². The molecule has 31 heavy (non-hydrogen) atoms. The smallest absolute Gasteiger partial charge is 0.255 e. The van der Waals surface area contributed by atoms with Crippen molar-refractivity contribution in [1.29, 1.82) is 0 Å². The number of hydrogen-bond acceptors (Lipinski definition) is 4. The first-order valence-corrected chi connectivity index (χ1v) is 10.6. The summed E-state index contributed by atoms with van der Waals surface area (Å²) >= 11 is 0. The summed E-state index contributed by atoms with van der Waals surface area (Å²) in [5, 5.41) is 8.52. The number of para-hydroxylation sites is 1. The standard InChI is InChI=1S/C24H31N3O4/c1-4-31-21-9-6-5-8-20(21)24(30)25-15-7-10-22(28)26-16-18-11-13-19(14-12-18)27-23(29)17(2)3/h5-6,8-9,11-14,17H,4,7,10,15-16H2,1-3H3,(H,25,30)(H,26,28)(H,27,29). The molecule has 0 unspecified atom stereocenters. The fourth-order valence-electron chi connectivity index (χ4n) is 2.76. The second-order valence-corrected chi connectivity index (χ2v) is 7.41. The Morgan fingerprint density at radius 2 is 1.68 bits per heavy atom. The fraction of sp³-hybridized carbons (Fsp3) is 0.375. The topological polar surface area (TPSA) is 96.5 Å². The molecule has 0 atom stereocenters. The first-order chi connectivity index (χ1) is 14.9. The summed E-state index contributed by atoms with van der Waals surface area (Å²) in [7, 11) is 0. The lowest BCUT2D eigenvalue weighted by Gasteiger charge is -2.11. The largest absolute Gasteiger partial charge is 0.493 e. The van der Waals surface area contributed by atoms with Crippen LogP contribution < -0.4 is 20.7 Å². The van der Waals surface area contributed by atoms with Crippen molar-refractivity contribution >= 4 is 23.4 Å². The zero-order valence-electron chi connectivity index (χ0n) is 18.4. The van der Waals surface area contributed by atoms with Crippen LogP contribution in [0.5, 0.6) is 5.75 Å². The maximum atomic E-state index is 12.3. The monoisotopic (exact) mass is 425 g/mol. The molecule has 0 aliphatic heterocycles. The molecule has 2 aromatic rings. The maximum Gasteiger partial charge on any atom is 0.255 e. The van der Waals surface area contributed by atoms with Gasteiger partial charge < -0.3 is 20.7 Å². The zero-order chi connectivity index (χ0) is 22.6. The van der Waals surface area contributed by atoms with E-state index in [9.17, 15) is 14.4 Å². The van der Waals surface area contributed by atoms with Crippen molar-refractivity contribution < 1.29 is 19.1 Å². The molecule has 0 fully saturated rings. The molecule has 2 aromatic carbocycles. The van der Waals surface area contributed by atoms with Crippen LogP contribution in [0.15, 0.2) is 48.5 Å². The van der Waals surface area contributed by atoms with Crippen LogP contribution in [0.1, 0.15) is 49.5 Å². The van der Waals surface area contributed by atoms with Crippen LogP contribution in [-0.4, -0.2) is 30.9 Å². The molecule has 0 bridgehead atoms. The Morgan fingerprint density at radius 1 is 0.968 bits per heavy atom. The van der Waals surface area contributed by atoms with E-state index in [4.69, 9.17) is 4.74 Å². The number of hydrogen-bond donors (Lipinski definition) is 3. The minimum atomic E-state index is -0.214. The summed E-state index contributed by atoms with van der Waals surface area (Å²) < 4.78 is 5.47. The lowest BCUT2D eigenvalue weighted by Crippen LogP contribution is -2.27. The van der Waals surface area contributed by atoms with Gasteiger partial charge in [0.15, 0.2) is 0 Å². The van der Waals surface area contributed by atoms with Gasteiger partial charge in [-0.05, 0) is 43.2 Å². The van der Waals surface area contributed by atoms with Gasteiger partial charge in [0.05, 0.1) is 12.2 Å². The number of amides is 3. The highest BCUT2D eigenvalue weighted by Crippen LogP contribution is 2.17. The molecule has 0 aromatic heterocycles. The number of rotatable bonds is 11. The van der Waals surface area contributed by atoms with Gasteiger partial charge in [-0.1, -0.05) is 38.1 Å². The molecule has 0 heterocycles. The van der Waals surface area contributed by atoms with E-state index >= 15 is 0 Å². The van der Waals surface area contributed by atoms with Gasteiger partial charge >= 0.3 is 0 Å². The summed E-state index contributed by atoms with van der Waals surface area (Å²) in [6, 6.07) is 14.5. The molecule has 3 N–H and O–H groups in total. The third kappa shape index (κ3) is 8.12. The third-order valence-electron chi connectivity index (χ3n) is 4.53. The SMILES string of the molecule is CCOc1ccccc1C(=O)NCCCC(=O)NCc1ccc(NC(=O)C(C)C)cc1. The van der Waals surface area contributed by atoms with E-state index < -0.39 is 0 Å². The van der Waals surface area contributed by atoms with Gasteiger partial charge in [-0.2, -0.15) is 0 Å². The van der Waals surface area contributed by atoms with Crippen LogP contribution in [-0.2, 0) is 16.1 Å². The predicted molar refractivity (Wildman–Crippen MR) is 121 cm³/mol. The Labute approximate surface area is 183 Å². The highest BCUT2D eigenvalue weighted by Gasteiger charge is 2.11. The maximum absolute atomic E-state index is 12.3. The first-order valence-electron chi connectivity index (χ1n) is 10.6. The third-order valence-corrected chi connectivity index (χ3v) is 4.53. The molecular weight excluding hydrogens is 394 g/mol. The van der Waals surface area contributed by atoms with Gasteiger partial charge in [0.2, 0.25) is 11.8 Å². The van der Waals surface area contributed by atoms with Crippen LogP contribution >= 0.6 is 0 Å². The summed E-state index contributed by atoms with van der Waals surface area (Å²) in [4.78, 5) is 36.1. The van der Waals surface area contributed by atoms with Crippen LogP contribution in [0.2, 0.25) is 0 Å². The van der Waals surface area contributed by atoms with Crippen LogP contribution in [0.3, 0.4) is 0 Å². The molecule has 166 valence electrons. The first kappa shape index (κ1) is 23.9. The van der Waals surface area contributed by atoms with Gasteiger partial charge in [0.1, 0.15) is 5.75 Å². The van der Waals surface area contributed by atoms with E-state index in [1.807, 2.05) is 51.1 Å². The lowest BCUT2D eigenvalue weighted by atomic mass is 10.1. The number of carbonyl (C=O) groups excluding carboxylic acids is 3. The number of anilines is 1. The van der Waals surface area contributed by atoms with Crippen molar-refractivity contribution in [3.05, 3.63) is 59.7 Å². The molecule has 0 spiro atoms. The van der Waals surface area contributed by atoms with Gasteiger partial charge in [-0.25, -0.2) is 0 Å². The van der Waals surface area contributed by atoms with E-state index in [2.05, 4.69) is 16.0 Å². The minimum absolute atomic E-state index is 0.0329. The second-order valence-electron chi connectivity index (χ2n) is 7.41. The highest BCUT2D eigenvalue weighted by atomic mass is 16.5. The Kier molecular flexibility index (Phi) is 9.55. The molecule has 7 nitrogen and oxygen atoms in total. The number of ether oxygens (including phenoxy) is 1. The fourth-order valence-corrected chi connectivity index (χ4v) is 2.76. The molecule has 0 saturated carbocycles. The summed E-state index contributed by atoms with van der Waals surface area (Å²) in [5.74, 6) is 0.142. The zero-order valence-corrected chi connectivity index (χ0v) is 18.4. The van der Waals surface area contributed by atoms with E-state index in [1.54, 1.807) is 18.2 Å². The quantitative estimate of drug-likeness (QED) is 0.480. The van der Waals surface area contributed by atoms with E-state index in [0.717, 1.165) is 11.3 Å². The Balaban J connectivity index is 1.68. The molecule has 0 radical (unpaired) electrons. The van der Waals surface area contributed by atoms with Gasteiger partial charge in [0, 0.05) is 31.1 Å². The van der Waals surface area contributed by atoms with Crippen LogP contribution in [0.4, 0.5) is 5.69 Å².